The number of nitrogens with two attached hydrogens (primary N) is 1. The molecule has 2 bridgehead atoms. The molecule has 0 aromatic heterocycles. The van der Waals surface area contributed by atoms with E-state index in [2.05, 4.69) is 4.90 Å². The molecule has 1 aromatic carbocycles. The van der Waals surface area contributed by atoms with E-state index in [0.717, 1.165) is 24.9 Å². The van der Waals surface area contributed by atoms with Crippen molar-refractivity contribution in [3.05, 3.63) is 23.8 Å². The lowest BCUT2D eigenvalue weighted by molar-refractivity contribution is 0.118. The molecule has 104 valence electrons. The van der Waals surface area contributed by atoms with Gasteiger partial charge in [0.2, 0.25) is 0 Å². The first-order valence-corrected chi connectivity index (χ1v) is 7.05. The van der Waals surface area contributed by atoms with Gasteiger partial charge in [-0.05, 0) is 31.7 Å². The Bertz CT molecular complexity index is 449. The topological polar surface area (TPSA) is 58.7 Å². The van der Waals surface area contributed by atoms with Gasteiger partial charge in [-0.25, -0.2) is 0 Å². The molecule has 2 heterocycles. The Labute approximate surface area is 114 Å². The number of methoxy groups -OCH3 is 1. The molecular weight excluding hydrogens is 240 g/mol. The van der Waals surface area contributed by atoms with Crippen molar-refractivity contribution in [2.24, 2.45) is 5.73 Å². The second kappa shape index (κ2) is 5.02. The Morgan fingerprint density at radius 3 is 2.63 bits per heavy atom. The van der Waals surface area contributed by atoms with Crippen LogP contribution in [0.2, 0.25) is 0 Å². The van der Waals surface area contributed by atoms with E-state index in [1.165, 1.54) is 12.8 Å². The average molecular weight is 262 g/mol. The lowest BCUT2D eigenvalue weighted by Gasteiger charge is -2.37. The van der Waals surface area contributed by atoms with E-state index in [-0.39, 0.29) is 5.75 Å². The van der Waals surface area contributed by atoms with Crippen molar-refractivity contribution in [2.75, 3.05) is 7.11 Å². The first-order chi connectivity index (χ1) is 9.19. The molecule has 2 saturated heterocycles. The van der Waals surface area contributed by atoms with Crippen molar-refractivity contribution in [3.8, 4) is 11.5 Å². The minimum atomic E-state index is 0.277. The van der Waals surface area contributed by atoms with Crippen LogP contribution in [0.4, 0.5) is 0 Å². The van der Waals surface area contributed by atoms with Crippen LogP contribution >= 0.6 is 0 Å². The molecular formula is C15H22N2O2. The largest absolute Gasteiger partial charge is 0.504 e. The number of piperidine rings is 1. The van der Waals surface area contributed by atoms with Gasteiger partial charge in [0.1, 0.15) is 0 Å². The van der Waals surface area contributed by atoms with Crippen LogP contribution < -0.4 is 10.5 Å². The number of phenols is 1. The number of para-hydroxylation sites is 1. The van der Waals surface area contributed by atoms with E-state index in [0.29, 0.717) is 23.9 Å². The summed E-state index contributed by atoms with van der Waals surface area (Å²) in [6.45, 7) is 0.797. The third-order valence-electron chi connectivity index (χ3n) is 4.58. The number of hydrogen-bond acceptors (Lipinski definition) is 4. The zero-order chi connectivity index (χ0) is 13.4. The quantitative estimate of drug-likeness (QED) is 0.873. The number of rotatable bonds is 3. The van der Waals surface area contributed by atoms with Crippen LogP contribution in [0.3, 0.4) is 0 Å². The standard InChI is InChI=1S/C15H22N2O2/c1-19-14-4-2-3-10(15(14)18)9-17-12-5-6-13(17)8-11(16)7-12/h2-4,11-13,18H,5-9,16H2,1H3. The van der Waals surface area contributed by atoms with Crippen LogP contribution in [0.5, 0.6) is 11.5 Å². The molecule has 19 heavy (non-hydrogen) atoms. The van der Waals surface area contributed by atoms with Crippen molar-refractivity contribution in [2.45, 2.75) is 50.4 Å². The molecule has 2 fully saturated rings. The van der Waals surface area contributed by atoms with Gasteiger partial charge in [-0.3, -0.25) is 4.90 Å². The summed E-state index contributed by atoms with van der Waals surface area (Å²) in [4.78, 5) is 2.51. The Kier molecular flexibility index (Phi) is 3.37. The van der Waals surface area contributed by atoms with Crippen molar-refractivity contribution >= 4 is 0 Å². The van der Waals surface area contributed by atoms with Gasteiger partial charge in [-0.15, -0.1) is 0 Å². The maximum absolute atomic E-state index is 10.2. The second-order valence-corrected chi connectivity index (χ2v) is 5.76. The van der Waals surface area contributed by atoms with E-state index in [4.69, 9.17) is 10.5 Å². The molecule has 3 rings (SSSR count). The summed E-state index contributed by atoms with van der Waals surface area (Å²) >= 11 is 0. The molecule has 0 saturated carbocycles. The first-order valence-electron chi connectivity index (χ1n) is 7.05. The van der Waals surface area contributed by atoms with Crippen LogP contribution in [-0.2, 0) is 6.54 Å². The van der Waals surface area contributed by atoms with E-state index < -0.39 is 0 Å². The van der Waals surface area contributed by atoms with Gasteiger partial charge in [0.15, 0.2) is 11.5 Å². The van der Waals surface area contributed by atoms with Crippen LogP contribution in [0.1, 0.15) is 31.2 Å². The molecule has 2 atom stereocenters. The molecule has 3 N–H and O–H groups in total. The minimum absolute atomic E-state index is 0.277. The highest BCUT2D eigenvalue weighted by molar-refractivity contribution is 5.45. The summed E-state index contributed by atoms with van der Waals surface area (Å²) in [7, 11) is 1.59. The maximum atomic E-state index is 10.2. The highest BCUT2D eigenvalue weighted by Crippen LogP contribution is 2.38. The van der Waals surface area contributed by atoms with Crippen molar-refractivity contribution < 1.29 is 9.84 Å². The molecule has 0 aliphatic carbocycles. The SMILES string of the molecule is COc1cccc(CN2C3CCC2CC(N)C3)c1O. The van der Waals surface area contributed by atoms with Crippen molar-refractivity contribution in [1.29, 1.82) is 0 Å². The molecule has 2 aliphatic heterocycles. The number of phenolic OH excluding ortho intramolecular Hbond substituents is 1. The Balaban J connectivity index is 1.79. The number of aromatic hydroxyl groups is 1. The summed E-state index contributed by atoms with van der Waals surface area (Å²) in [5, 5.41) is 10.2. The number of hydrogen-bond donors (Lipinski definition) is 2. The van der Waals surface area contributed by atoms with E-state index in [9.17, 15) is 5.11 Å². The molecule has 1 aromatic rings. The van der Waals surface area contributed by atoms with Gasteiger partial charge >= 0.3 is 0 Å². The zero-order valence-corrected chi connectivity index (χ0v) is 11.4. The van der Waals surface area contributed by atoms with E-state index >= 15 is 0 Å². The fourth-order valence-electron chi connectivity index (χ4n) is 3.63. The normalized spacial score (nSPS) is 30.5. The summed E-state index contributed by atoms with van der Waals surface area (Å²) in [5.74, 6) is 0.831. The van der Waals surface area contributed by atoms with Crippen LogP contribution in [0, 0.1) is 0 Å². The maximum Gasteiger partial charge on any atom is 0.162 e. The molecule has 4 heteroatoms. The monoisotopic (exact) mass is 262 g/mol. The number of benzene rings is 1. The fraction of sp³-hybridized carbons (Fsp3) is 0.600. The van der Waals surface area contributed by atoms with Crippen LogP contribution in [0.25, 0.3) is 0 Å². The van der Waals surface area contributed by atoms with E-state index in [1.54, 1.807) is 13.2 Å². The predicted octanol–water partition coefficient (Wildman–Crippen LogP) is 1.85. The molecule has 0 spiro atoms. The highest BCUT2D eigenvalue weighted by atomic mass is 16.5. The molecule has 4 nitrogen and oxygen atoms in total. The van der Waals surface area contributed by atoms with Crippen LogP contribution in [-0.4, -0.2) is 35.2 Å². The third-order valence-corrected chi connectivity index (χ3v) is 4.58. The number of fused-ring (bicyclic) bond motifs is 2. The zero-order valence-electron chi connectivity index (χ0n) is 11.4. The van der Waals surface area contributed by atoms with Gasteiger partial charge in [0.25, 0.3) is 0 Å². The third kappa shape index (κ3) is 2.30. The fourth-order valence-corrected chi connectivity index (χ4v) is 3.63. The molecule has 2 unspecified atom stereocenters. The Hall–Kier alpha value is -1.26. The second-order valence-electron chi connectivity index (χ2n) is 5.76. The first kappa shape index (κ1) is 12.8. The molecule has 0 amide bonds. The van der Waals surface area contributed by atoms with Gasteiger partial charge in [-0.1, -0.05) is 12.1 Å². The summed E-state index contributed by atoms with van der Waals surface area (Å²) in [6, 6.07) is 7.22. The van der Waals surface area contributed by atoms with Crippen molar-refractivity contribution in [1.82, 2.24) is 4.90 Å². The smallest absolute Gasteiger partial charge is 0.162 e. The summed E-state index contributed by atoms with van der Waals surface area (Å²) in [6.07, 6.45) is 4.65. The number of ether oxygens (including phenoxy) is 1. The van der Waals surface area contributed by atoms with Gasteiger partial charge in [-0.2, -0.15) is 0 Å². The van der Waals surface area contributed by atoms with Gasteiger partial charge in [0, 0.05) is 30.2 Å². The lowest BCUT2D eigenvalue weighted by atomic mass is 9.97. The number of nitrogens with zero attached hydrogens (tertiary/aromatic N) is 1. The van der Waals surface area contributed by atoms with Gasteiger partial charge < -0.3 is 15.6 Å². The predicted molar refractivity (Wildman–Crippen MR) is 74.2 cm³/mol. The van der Waals surface area contributed by atoms with Crippen LogP contribution in [0.15, 0.2) is 18.2 Å². The molecule has 2 aliphatic rings. The molecule has 0 radical (unpaired) electrons. The Morgan fingerprint density at radius 1 is 1.32 bits per heavy atom. The highest BCUT2D eigenvalue weighted by Gasteiger charge is 2.39. The average Bonchev–Trinajstić information content (AvgIpc) is 2.64. The summed E-state index contributed by atoms with van der Waals surface area (Å²) in [5.41, 5.74) is 7.04. The minimum Gasteiger partial charge on any atom is -0.504 e. The Morgan fingerprint density at radius 2 is 2.00 bits per heavy atom. The lowest BCUT2D eigenvalue weighted by Crippen LogP contribution is -2.46. The van der Waals surface area contributed by atoms with Crippen molar-refractivity contribution in [3.63, 3.8) is 0 Å². The summed E-state index contributed by atoms with van der Waals surface area (Å²) < 4.78 is 5.17. The van der Waals surface area contributed by atoms with Gasteiger partial charge in [0.05, 0.1) is 7.11 Å². The van der Waals surface area contributed by atoms with E-state index in [1.807, 2.05) is 12.1 Å².